The summed E-state index contributed by atoms with van der Waals surface area (Å²) >= 11 is 0. The van der Waals surface area contributed by atoms with E-state index in [1.54, 1.807) is 12.1 Å². The van der Waals surface area contributed by atoms with Crippen LogP contribution in [0.4, 0.5) is 4.39 Å². The summed E-state index contributed by atoms with van der Waals surface area (Å²) < 4.78 is 12.8. The van der Waals surface area contributed by atoms with Gasteiger partial charge in [-0.1, -0.05) is 32.9 Å². The van der Waals surface area contributed by atoms with Crippen LogP contribution in [0, 0.1) is 11.2 Å². The van der Waals surface area contributed by atoms with Crippen molar-refractivity contribution in [3.8, 4) is 0 Å². The van der Waals surface area contributed by atoms with E-state index < -0.39 is 6.10 Å². The van der Waals surface area contributed by atoms with Crippen molar-refractivity contribution in [3.05, 3.63) is 35.6 Å². The Labute approximate surface area is 84.6 Å². The van der Waals surface area contributed by atoms with Gasteiger partial charge < -0.3 is 5.11 Å². The molecule has 0 aliphatic rings. The molecule has 1 atom stereocenters. The Morgan fingerprint density at radius 2 is 2.00 bits per heavy atom. The molecule has 0 radical (unpaired) electrons. The van der Waals surface area contributed by atoms with E-state index in [4.69, 9.17) is 0 Å². The molecule has 0 spiro atoms. The van der Waals surface area contributed by atoms with Crippen LogP contribution in [0.1, 0.15) is 38.9 Å². The largest absolute Gasteiger partial charge is 0.388 e. The van der Waals surface area contributed by atoms with Crippen molar-refractivity contribution in [1.82, 2.24) is 0 Å². The van der Waals surface area contributed by atoms with E-state index in [2.05, 4.69) is 20.8 Å². The van der Waals surface area contributed by atoms with Gasteiger partial charge in [0.15, 0.2) is 0 Å². The number of hydrogen-bond donors (Lipinski definition) is 1. The lowest BCUT2D eigenvalue weighted by molar-refractivity contribution is 0.122. The normalized spacial score (nSPS) is 14.1. The summed E-state index contributed by atoms with van der Waals surface area (Å²) in [5.74, 6) is -0.296. The molecule has 0 amide bonds. The van der Waals surface area contributed by atoms with Crippen molar-refractivity contribution in [3.63, 3.8) is 0 Å². The first-order chi connectivity index (χ1) is 6.38. The highest BCUT2D eigenvalue weighted by atomic mass is 19.1. The average Bonchev–Trinajstić information content (AvgIpc) is 2.01. The van der Waals surface area contributed by atoms with Crippen LogP contribution < -0.4 is 0 Å². The number of aliphatic hydroxyl groups is 1. The number of halogens is 1. The van der Waals surface area contributed by atoms with E-state index >= 15 is 0 Å². The predicted molar refractivity (Wildman–Crippen MR) is 55.4 cm³/mol. The Kier molecular flexibility index (Phi) is 3.27. The molecular formula is C12H17FO. The molecule has 1 unspecified atom stereocenters. The summed E-state index contributed by atoms with van der Waals surface area (Å²) in [7, 11) is 0. The number of aliphatic hydroxyl groups excluding tert-OH is 1. The average molecular weight is 196 g/mol. The van der Waals surface area contributed by atoms with Crippen LogP contribution in [0.2, 0.25) is 0 Å². The first-order valence-electron chi connectivity index (χ1n) is 4.82. The molecule has 0 saturated carbocycles. The molecule has 2 heteroatoms. The standard InChI is InChI=1S/C12H17FO/c1-12(2,3)8-11(14)9-5-4-6-10(13)7-9/h4-7,11,14H,8H2,1-3H3. The van der Waals surface area contributed by atoms with Crippen molar-refractivity contribution in [2.24, 2.45) is 5.41 Å². The lowest BCUT2D eigenvalue weighted by atomic mass is 9.87. The molecule has 14 heavy (non-hydrogen) atoms. The van der Waals surface area contributed by atoms with E-state index in [0.29, 0.717) is 12.0 Å². The third-order valence-corrected chi connectivity index (χ3v) is 2.04. The molecule has 1 nitrogen and oxygen atoms in total. The second-order valence-corrected chi connectivity index (χ2v) is 4.84. The SMILES string of the molecule is CC(C)(C)CC(O)c1cccc(F)c1. The minimum Gasteiger partial charge on any atom is -0.388 e. The second-order valence-electron chi connectivity index (χ2n) is 4.84. The van der Waals surface area contributed by atoms with Crippen molar-refractivity contribution in [2.45, 2.75) is 33.3 Å². The highest BCUT2D eigenvalue weighted by molar-refractivity contribution is 5.18. The smallest absolute Gasteiger partial charge is 0.123 e. The zero-order valence-electron chi connectivity index (χ0n) is 8.92. The molecule has 0 bridgehead atoms. The van der Waals surface area contributed by atoms with Crippen molar-refractivity contribution in [1.29, 1.82) is 0 Å². The van der Waals surface area contributed by atoms with Crippen molar-refractivity contribution < 1.29 is 9.50 Å². The van der Waals surface area contributed by atoms with Crippen LogP contribution in [0.25, 0.3) is 0 Å². The highest BCUT2D eigenvalue weighted by Crippen LogP contribution is 2.29. The maximum absolute atomic E-state index is 12.8. The fourth-order valence-corrected chi connectivity index (χ4v) is 1.41. The van der Waals surface area contributed by atoms with Crippen molar-refractivity contribution >= 4 is 0 Å². The van der Waals surface area contributed by atoms with E-state index in [0.717, 1.165) is 0 Å². The lowest BCUT2D eigenvalue weighted by Gasteiger charge is -2.22. The maximum Gasteiger partial charge on any atom is 0.123 e. The monoisotopic (exact) mass is 196 g/mol. The quantitative estimate of drug-likeness (QED) is 0.769. The van der Waals surface area contributed by atoms with E-state index in [9.17, 15) is 9.50 Å². The molecule has 0 aliphatic heterocycles. The molecular weight excluding hydrogens is 179 g/mol. The van der Waals surface area contributed by atoms with Gasteiger partial charge in [0.2, 0.25) is 0 Å². The highest BCUT2D eigenvalue weighted by Gasteiger charge is 2.18. The Morgan fingerprint density at radius 1 is 1.36 bits per heavy atom. The third-order valence-electron chi connectivity index (χ3n) is 2.04. The molecule has 0 fully saturated rings. The summed E-state index contributed by atoms with van der Waals surface area (Å²) in [6, 6.07) is 6.14. The van der Waals surface area contributed by atoms with Gasteiger partial charge in [0.1, 0.15) is 5.82 Å². The van der Waals surface area contributed by atoms with Gasteiger partial charge in [0.25, 0.3) is 0 Å². The minimum atomic E-state index is -0.578. The van der Waals surface area contributed by atoms with E-state index in [1.807, 2.05) is 0 Å². The summed E-state index contributed by atoms with van der Waals surface area (Å²) in [5, 5.41) is 9.81. The lowest BCUT2D eigenvalue weighted by Crippen LogP contribution is -2.11. The molecule has 1 aromatic carbocycles. The van der Waals surface area contributed by atoms with Gasteiger partial charge in [0, 0.05) is 0 Å². The van der Waals surface area contributed by atoms with E-state index in [1.165, 1.54) is 12.1 Å². The second kappa shape index (κ2) is 4.09. The van der Waals surface area contributed by atoms with Gasteiger partial charge in [-0.25, -0.2) is 4.39 Å². The molecule has 0 aromatic heterocycles. The van der Waals surface area contributed by atoms with Crippen LogP contribution in [-0.2, 0) is 0 Å². The molecule has 1 aromatic rings. The Bertz CT molecular complexity index is 301. The molecule has 1 rings (SSSR count). The van der Waals surface area contributed by atoms with Gasteiger partial charge in [-0.3, -0.25) is 0 Å². The third kappa shape index (κ3) is 3.46. The number of benzene rings is 1. The molecule has 1 N–H and O–H groups in total. The van der Waals surface area contributed by atoms with Crippen LogP contribution in [0.3, 0.4) is 0 Å². The topological polar surface area (TPSA) is 20.2 Å². The maximum atomic E-state index is 12.8. The Morgan fingerprint density at radius 3 is 2.50 bits per heavy atom. The summed E-state index contributed by atoms with van der Waals surface area (Å²) in [5.41, 5.74) is 0.700. The fraction of sp³-hybridized carbons (Fsp3) is 0.500. The van der Waals surface area contributed by atoms with Crippen LogP contribution in [0.5, 0.6) is 0 Å². The zero-order chi connectivity index (χ0) is 10.8. The summed E-state index contributed by atoms with van der Waals surface area (Å²) in [4.78, 5) is 0. The van der Waals surface area contributed by atoms with Gasteiger partial charge in [-0.15, -0.1) is 0 Å². The Balaban J connectivity index is 2.74. The number of rotatable bonds is 2. The predicted octanol–water partition coefficient (Wildman–Crippen LogP) is 3.30. The summed E-state index contributed by atoms with van der Waals surface area (Å²) in [6.07, 6.45) is 0.0573. The first-order valence-corrected chi connectivity index (χ1v) is 4.82. The van der Waals surface area contributed by atoms with Gasteiger partial charge in [0.05, 0.1) is 6.10 Å². The Hall–Kier alpha value is -0.890. The van der Waals surface area contributed by atoms with Crippen LogP contribution in [0.15, 0.2) is 24.3 Å². The molecule has 78 valence electrons. The zero-order valence-corrected chi connectivity index (χ0v) is 8.92. The first kappa shape index (κ1) is 11.2. The van der Waals surface area contributed by atoms with Gasteiger partial charge in [-0.2, -0.15) is 0 Å². The molecule has 0 heterocycles. The minimum absolute atomic E-state index is 0.0474. The fourth-order valence-electron chi connectivity index (χ4n) is 1.41. The number of hydrogen-bond acceptors (Lipinski definition) is 1. The van der Waals surface area contributed by atoms with Crippen LogP contribution in [-0.4, -0.2) is 5.11 Å². The van der Waals surface area contributed by atoms with Crippen LogP contribution >= 0.6 is 0 Å². The summed E-state index contributed by atoms with van der Waals surface area (Å²) in [6.45, 7) is 6.15. The molecule has 0 aliphatic carbocycles. The van der Waals surface area contributed by atoms with Crippen molar-refractivity contribution in [2.75, 3.05) is 0 Å². The van der Waals surface area contributed by atoms with E-state index in [-0.39, 0.29) is 11.2 Å². The van der Waals surface area contributed by atoms with Gasteiger partial charge >= 0.3 is 0 Å². The molecule has 0 saturated heterocycles. The van der Waals surface area contributed by atoms with Gasteiger partial charge in [-0.05, 0) is 29.5 Å².